The van der Waals surface area contributed by atoms with Crippen LogP contribution in [-0.4, -0.2) is 44.3 Å². The van der Waals surface area contributed by atoms with Crippen LogP contribution in [0.2, 0.25) is 0 Å². The van der Waals surface area contributed by atoms with Gasteiger partial charge in [0, 0.05) is 6.42 Å². The number of esters is 1. The molecule has 2 aromatic rings. The van der Waals surface area contributed by atoms with Gasteiger partial charge in [-0.25, -0.2) is 9.78 Å². The maximum absolute atomic E-state index is 12.8. The molecular weight excluding hydrogens is 364 g/mol. The van der Waals surface area contributed by atoms with Gasteiger partial charge in [-0.3, -0.25) is 9.36 Å². The fourth-order valence-electron chi connectivity index (χ4n) is 2.48. The van der Waals surface area contributed by atoms with Crippen LogP contribution in [0.4, 0.5) is 0 Å². The van der Waals surface area contributed by atoms with Gasteiger partial charge in [-0.15, -0.1) is 0 Å². The average Bonchev–Trinajstić information content (AvgIpc) is 2.89. The maximum Gasteiger partial charge on any atom is 0.360 e. The van der Waals surface area contributed by atoms with E-state index in [0.717, 1.165) is 7.11 Å². The van der Waals surface area contributed by atoms with E-state index in [-0.39, 0.29) is 18.0 Å². The van der Waals surface area contributed by atoms with Crippen molar-refractivity contribution in [3.05, 3.63) is 52.2 Å². The summed E-state index contributed by atoms with van der Waals surface area (Å²) in [5.41, 5.74) is -1.26. The fourth-order valence-corrected chi connectivity index (χ4v) is 3.44. The molecule has 0 saturated heterocycles. The van der Waals surface area contributed by atoms with Crippen LogP contribution in [0.1, 0.15) is 16.3 Å². The number of ether oxygens (including phenoxy) is 2. The Morgan fingerprint density at radius 3 is 2.65 bits per heavy atom. The molecule has 0 unspecified atom stereocenters. The molecule has 2 heterocycles. The van der Waals surface area contributed by atoms with Crippen molar-refractivity contribution in [3.8, 4) is 5.75 Å². The van der Waals surface area contributed by atoms with Gasteiger partial charge in [0.2, 0.25) is 5.75 Å². The molecule has 0 atom stereocenters. The number of benzene rings is 1. The Bertz CT molecular complexity index is 984. The number of carbonyl (C=O) groups excluding carboxylic acids is 1. The summed E-state index contributed by atoms with van der Waals surface area (Å²) in [6.45, 7) is 0.761. The molecule has 0 saturated carbocycles. The monoisotopic (exact) mass is 380 g/mol. The Balaban J connectivity index is 2.15. The minimum absolute atomic E-state index is 0.154. The number of fused-ring (bicyclic) bond motifs is 1. The van der Waals surface area contributed by atoms with Crippen molar-refractivity contribution in [1.82, 2.24) is 9.55 Å². The minimum atomic E-state index is -4.33. The maximum atomic E-state index is 12.8. The molecule has 1 aliphatic rings. The van der Waals surface area contributed by atoms with Gasteiger partial charge in [-0.2, -0.15) is 8.42 Å². The molecule has 0 aliphatic carbocycles. The van der Waals surface area contributed by atoms with Gasteiger partial charge in [-0.05, 0) is 12.1 Å². The third-order valence-electron chi connectivity index (χ3n) is 3.74. The lowest BCUT2D eigenvalue weighted by Crippen LogP contribution is -2.31. The van der Waals surface area contributed by atoms with Crippen molar-refractivity contribution >= 4 is 16.1 Å². The highest BCUT2D eigenvalue weighted by Crippen LogP contribution is 2.20. The van der Waals surface area contributed by atoms with Gasteiger partial charge in [-0.1, -0.05) is 18.2 Å². The molecule has 0 amide bonds. The summed E-state index contributed by atoms with van der Waals surface area (Å²) in [6, 6.07) is 7.29. The Labute approximate surface area is 149 Å². The van der Waals surface area contributed by atoms with Gasteiger partial charge in [0.15, 0.2) is 5.69 Å². The number of hydrogen-bond donors (Lipinski definition) is 0. The highest BCUT2D eigenvalue weighted by Gasteiger charge is 2.29. The van der Waals surface area contributed by atoms with E-state index in [2.05, 4.69) is 9.72 Å². The van der Waals surface area contributed by atoms with Crippen LogP contribution < -0.4 is 9.74 Å². The minimum Gasteiger partial charge on any atom is -0.464 e. The molecule has 0 bridgehead atoms. The molecule has 26 heavy (non-hydrogen) atoms. The number of aromatic nitrogens is 2. The predicted octanol–water partition coefficient (Wildman–Crippen LogP) is 0.370. The van der Waals surface area contributed by atoms with E-state index < -0.39 is 33.1 Å². The normalized spacial score (nSPS) is 14.2. The van der Waals surface area contributed by atoms with E-state index in [1.165, 1.54) is 28.8 Å². The average molecular weight is 380 g/mol. The zero-order valence-electron chi connectivity index (χ0n) is 13.9. The first-order valence-corrected chi connectivity index (χ1v) is 9.14. The van der Waals surface area contributed by atoms with Crippen LogP contribution in [0.25, 0.3) is 0 Å². The van der Waals surface area contributed by atoms with Gasteiger partial charge >= 0.3 is 16.1 Å². The standard InChI is InChI=1S/C16H16N2O7S/c1-23-16(20)13-14(25-26(21,22)11-5-3-2-4-6-11)15(19)18-8-10-24-9-7-12(18)17-13/h2-6H,7-10H2,1H3. The summed E-state index contributed by atoms with van der Waals surface area (Å²) >= 11 is 0. The topological polar surface area (TPSA) is 114 Å². The highest BCUT2D eigenvalue weighted by molar-refractivity contribution is 7.87. The first-order chi connectivity index (χ1) is 12.4. The van der Waals surface area contributed by atoms with Crippen LogP contribution in [-0.2, 0) is 32.6 Å². The van der Waals surface area contributed by atoms with Crippen LogP contribution >= 0.6 is 0 Å². The van der Waals surface area contributed by atoms with Crippen molar-refractivity contribution in [1.29, 1.82) is 0 Å². The first-order valence-electron chi connectivity index (χ1n) is 7.73. The second kappa shape index (κ2) is 7.26. The number of hydrogen-bond acceptors (Lipinski definition) is 8. The van der Waals surface area contributed by atoms with Gasteiger partial charge in [0.05, 0.1) is 26.9 Å². The number of methoxy groups -OCH3 is 1. The van der Waals surface area contributed by atoms with E-state index in [1.807, 2.05) is 0 Å². The van der Waals surface area contributed by atoms with Gasteiger partial charge in [0.25, 0.3) is 5.56 Å². The van der Waals surface area contributed by atoms with Gasteiger partial charge < -0.3 is 13.7 Å². The molecule has 9 nitrogen and oxygen atoms in total. The third kappa shape index (κ3) is 3.46. The van der Waals surface area contributed by atoms with E-state index in [1.54, 1.807) is 6.07 Å². The van der Waals surface area contributed by atoms with Crippen LogP contribution in [0, 0.1) is 0 Å². The summed E-state index contributed by atoms with van der Waals surface area (Å²) < 4.78 is 41.1. The molecule has 0 fully saturated rings. The summed E-state index contributed by atoms with van der Waals surface area (Å²) in [5, 5.41) is 0. The molecule has 3 rings (SSSR count). The van der Waals surface area contributed by atoms with E-state index in [4.69, 9.17) is 8.92 Å². The largest absolute Gasteiger partial charge is 0.464 e. The van der Waals surface area contributed by atoms with Crippen molar-refractivity contribution in [2.24, 2.45) is 0 Å². The zero-order valence-corrected chi connectivity index (χ0v) is 14.7. The zero-order chi connectivity index (χ0) is 18.7. The van der Waals surface area contributed by atoms with E-state index >= 15 is 0 Å². The van der Waals surface area contributed by atoms with Gasteiger partial charge in [0.1, 0.15) is 10.7 Å². The number of carbonyl (C=O) groups is 1. The molecule has 1 aromatic heterocycles. The van der Waals surface area contributed by atoms with E-state index in [0.29, 0.717) is 18.9 Å². The Morgan fingerprint density at radius 1 is 1.23 bits per heavy atom. The fraction of sp³-hybridized carbons (Fsp3) is 0.312. The predicted molar refractivity (Wildman–Crippen MR) is 88.6 cm³/mol. The third-order valence-corrected chi connectivity index (χ3v) is 4.98. The molecule has 0 N–H and O–H groups in total. The second-order valence-corrected chi connectivity index (χ2v) is 6.91. The number of rotatable bonds is 4. The van der Waals surface area contributed by atoms with Crippen LogP contribution in [0.5, 0.6) is 5.75 Å². The Hall–Kier alpha value is -2.72. The summed E-state index contributed by atoms with van der Waals surface area (Å²) in [4.78, 5) is 28.8. The summed E-state index contributed by atoms with van der Waals surface area (Å²) in [5.74, 6) is -1.35. The summed E-state index contributed by atoms with van der Waals surface area (Å²) in [6.07, 6.45) is 0.297. The highest BCUT2D eigenvalue weighted by atomic mass is 32.2. The van der Waals surface area contributed by atoms with Crippen molar-refractivity contribution in [3.63, 3.8) is 0 Å². The molecular formula is C16H16N2O7S. The lowest BCUT2D eigenvalue weighted by Gasteiger charge is -2.14. The van der Waals surface area contributed by atoms with Crippen molar-refractivity contribution < 1.29 is 26.9 Å². The quantitative estimate of drug-likeness (QED) is 0.552. The lowest BCUT2D eigenvalue weighted by molar-refractivity contribution is 0.0590. The smallest absolute Gasteiger partial charge is 0.360 e. The van der Waals surface area contributed by atoms with Crippen LogP contribution in [0.3, 0.4) is 0 Å². The Morgan fingerprint density at radius 2 is 1.96 bits per heavy atom. The number of nitrogens with zero attached hydrogens (tertiary/aromatic N) is 2. The molecule has 138 valence electrons. The molecule has 0 radical (unpaired) electrons. The molecule has 10 heteroatoms. The van der Waals surface area contributed by atoms with Crippen molar-refractivity contribution in [2.75, 3.05) is 20.3 Å². The molecule has 1 aromatic carbocycles. The summed E-state index contributed by atoms with van der Waals surface area (Å²) in [7, 11) is -3.23. The second-order valence-electron chi connectivity index (χ2n) is 5.37. The first kappa shape index (κ1) is 18.1. The SMILES string of the molecule is COC(=O)c1nc2n(c(=O)c1OS(=O)(=O)c1ccccc1)CCOCC2. The Kier molecular flexibility index (Phi) is 5.05. The molecule has 0 spiro atoms. The van der Waals surface area contributed by atoms with Crippen LogP contribution in [0.15, 0.2) is 40.0 Å². The van der Waals surface area contributed by atoms with Crippen molar-refractivity contribution in [2.45, 2.75) is 17.9 Å². The van der Waals surface area contributed by atoms with E-state index in [9.17, 15) is 18.0 Å². The molecule has 1 aliphatic heterocycles. The lowest BCUT2D eigenvalue weighted by atomic mass is 10.3.